The highest BCUT2D eigenvalue weighted by atomic mass is 35.5. The Bertz CT molecular complexity index is 1120. The molecule has 37 heavy (non-hydrogen) atoms. The van der Waals surface area contributed by atoms with E-state index in [9.17, 15) is 9.90 Å². The standard InChI is InChI=1S/C31H40Cl2N2O2/c1-21(2)18-35(30(37)15-23-8-11-28(32)29(33)14-23)26-10-9-25-20-34(19-22-6-7-22)13-12-31(25,17-26)24-4-3-5-27(36)16-24/h3-5,8,11,14,16,21-22,25-26,36H,6-7,9-10,12-13,15,17-20H2,1-2H3/t25-,26-,31+/m1/s1. The molecule has 1 aliphatic heterocycles. The number of likely N-dealkylation sites (tertiary alicyclic amines) is 1. The van der Waals surface area contributed by atoms with Gasteiger partial charge in [0.25, 0.3) is 0 Å². The average Bonchev–Trinajstić information content (AvgIpc) is 3.68. The van der Waals surface area contributed by atoms with Gasteiger partial charge in [-0.2, -0.15) is 0 Å². The number of carbonyl (C=O) groups excluding carboxylic acids is 1. The van der Waals surface area contributed by atoms with Gasteiger partial charge in [0.05, 0.1) is 16.5 Å². The number of aromatic hydroxyl groups is 1. The monoisotopic (exact) mass is 542 g/mol. The van der Waals surface area contributed by atoms with Crippen molar-refractivity contribution in [3.63, 3.8) is 0 Å². The van der Waals surface area contributed by atoms with Gasteiger partial charge in [-0.15, -0.1) is 0 Å². The number of benzene rings is 2. The van der Waals surface area contributed by atoms with E-state index in [4.69, 9.17) is 23.2 Å². The minimum Gasteiger partial charge on any atom is -0.508 e. The predicted octanol–water partition coefficient (Wildman–Crippen LogP) is 6.95. The Balaban J connectivity index is 1.40. The summed E-state index contributed by atoms with van der Waals surface area (Å²) in [5.41, 5.74) is 2.13. The van der Waals surface area contributed by atoms with Crippen molar-refractivity contribution in [3.8, 4) is 5.75 Å². The number of nitrogens with zero attached hydrogens (tertiary/aromatic N) is 2. The van der Waals surface area contributed by atoms with Gasteiger partial charge in [0.15, 0.2) is 0 Å². The van der Waals surface area contributed by atoms with E-state index in [1.54, 1.807) is 12.1 Å². The first-order chi connectivity index (χ1) is 17.7. The molecule has 0 unspecified atom stereocenters. The minimum absolute atomic E-state index is 0.0131. The molecule has 0 radical (unpaired) electrons. The molecule has 6 heteroatoms. The van der Waals surface area contributed by atoms with Gasteiger partial charge in [0, 0.05) is 31.1 Å². The van der Waals surface area contributed by atoms with Crippen molar-refractivity contribution in [2.45, 2.75) is 70.3 Å². The van der Waals surface area contributed by atoms with E-state index in [1.165, 1.54) is 24.9 Å². The first-order valence-corrected chi connectivity index (χ1v) is 14.7. The van der Waals surface area contributed by atoms with Gasteiger partial charge < -0.3 is 14.9 Å². The third kappa shape index (κ3) is 6.13. The molecule has 0 aromatic heterocycles. The summed E-state index contributed by atoms with van der Waals surface area (Å²) in [5, 5.41) is 11.4. The summed E-state index contributed by atoms with van der Waals surface area (Å²) >= 11 is 12.4. The fraction of sp³-hybridized carbons (Fsp3) is 0.581. The van der Waals surface area contributed by atoms with Gasteiger partial charge in [-0.05, 0) is 98.2 Å². The van der Waals surface area contributed by atoms with Gasteiger partial charge >= 0.3 is 0 Å². The van der Waals surface area contributed by atoms with E-state index < -0.39 is 0 Å². The molecule has 2 aromatic carbocycles. The number of phenolic OH excluding ortho intramolecular Hbond substituents is 1. The Morgan fingerprint density at radius 1 is 1.11 bits per heavy atom. The molecule has 1 amide bonds. The summed E-state index contributed by atoms with van der Waals surface area (Å²) < 4.78 is 0. The number of piperidine rings is 1. The van der Waals surface area contributed by atoms with Gasteiger partial charge in [-0.25, -0.2) is 0 Å². The molecule has 2 aromatic rings. The Morgan fingerprint density at radius 3 is 2.62 bits per heavy atom. The van der Waals surface area contributed by atoms with Crippen LogP contribution in [-0.4, -0.2) is 53.0 Å². The number of halogens is 2. The Morgan fingerprint density at radius 2 is 1.92 bits per heavy atom. The molecule has 3 aliphatic rings. The molecule has 1 heterocycles. The number of carbonyl (C=O) groups is 1. The summed E-state index contributed by atoms with van der Waals surface area (Å²) in [7, 11) is 0. The summed E-state index contributed by atoms with van der Waals surface area (Å²) in [6.45, 7) is 8.58. The normalized spacial score (nSPS) is 26.2. The second kappa shape index (κ2) is 11.2. The van der Waals surface area contributed by atoms with Crippen LogP contribution in [0.1, 0.15) is 63.5 Å². The van der Waals surface area contributed by atoms with Gasteiger partial charge in [0.2, 0.25) is 5.91 Å². The molecule has 3 fully saturated rings. The molecule has 200 valence electrons. The van der Waals surface area contributed by atoms with Crippen LogP contribution in [0.4, 0.5) is 0 Å². The maximum atomic E-state index is 13.8. The summed E-state index contributed by atoms with van der Waals surface area (Å²) in [5.74, 6) is 2.32. The van der Waals surface area contributed by atoms with Crippen molar-refractivity contribution >= 4 is 29.1 Å². The highest BCUT2D eigenvalue weighted by Gasteiger charge is 2.50. The lowest BCUT2D eigenvalue weighted by Crippen LogP contribution is -2.57. The van der Waals surface area contributed by atoms with E-state index in [-0.39, 0.29) is 17.4 Å². The summed E-state index contributed by atoms with van der Waals surface area (Å²) in [6, 6.07) is 13.6. The molecule has 3 atom stereocenters. The molecule has 0 bridgehead atoms. The highest BCUT2D eigenvalue weighted by molar-refractivity contribution is 6.42. The van der Waals surface area contributed by atoms with E-state index in [1.807, 2.05) is 24.3 Å². The van der Waals surface area contributed by atoms with Crippen LogP contribution in [0.2, 0.25) is 10.0 Å². The lowest BCUT2D eigenvalue weighted by molar-refractivity contribution is -0.135. The molecule has 5 rings (SSSR count). The number of hydrogen-bond donors (Lipinski definition) is 1. The van der Waals surface area contributed by atoms with Gasteiger partial charge in [-0.1, -0.05) is 55.2 Å². The quantitative estimate of drug-likeness (QED) is 0.392. The van der Waals surface area contributed by atoms with E-state index in [0.717, 1.165) is 56.8 Å². The van der Waals surface area contributed by atoms with E-state index in [0.29, 0.717) is 34.1 Å². The van der Waals surface area contributed by atoms with Crippen molar-refractivity contribution in [2.75, 3.05) is 26.2 Å². The smallest absolute Gasteiger partial charge is 0.227 e. The summed E-state index contributed by atoms with van der Waals surface area (Å²) in [4.78, 5) is 18.6. The Labute approximate surface area is 231 Å². The molecular formula is C31H40Cl2N2O2. The molecule has 0 spiro atoms. The average molecular weight is 544 g/mol. The number of fused-ring (bicyclic) bond motifs is 1. The van der Waals surface area contributed by atoms with Crippen LogP contribution in [0.5, 0.6) is 5.75 Å². The van der Waals surface area contributed by atoms with Crippen LogP contribution in [0.15, 0.2) is 42.5 Å². The van der Waals surface area contributed by atoms with Crippen LogP contribution in [0, 0.1) is 17.8 Å². The minimum atomic E-state index is -0.0131. The number of rotatable bonds is 8. The van der Waals surface area contributed by atoms with Crippen LogP contribution in [-0.2, 0) is 16.6 Å². The van der Waals surface area contributed by atoms with Crippen LogP contribution >= 0.6 is 23.2 Å². The fourth-order valence-electron chi connectivity index (χ4n) is 6.88. The van der Waals surface area contributed by atoms with Gasteiger partial charge in [-0.3, -0.25) is 4.79 Å². The maximum absolute atomic E-state index is 13.8. The zero-order chi connectivity index (χ0) is 26.2. The first kappa shape index (κ1) is 26.8. The molecule has 2 saturated carbocycles. The fourth-order valence-corrected chi connectivity index (χ4v) is 7.20. The molecule has 2 aliphatic carbocycles. The van der Waals surface area contributed by atoms with Gasteiger partial charge in [0.1, 0.15) is 5.75 Å². The zero-order valence-corrected chi connectivity index (χ0v) is 23.6. The van der Waals surface area contributed by atoms with Crippen LogP contribution < -0.4 is 0 Å². The Kier molecular flexibility index (Phi) is 8.10. The van der Waals surface area contributed by atoms with Crippen molar-refractivity contribution < 1.29 is 9.90 Å². The highest BCUT2D eigenvalue weighted by Crippen LogP contribution is 2.51. The number of phenols is 1. The van der Waals surface area contributed by atoms with Crippen LogP contribution in [0.3, 0.4) is 0 Å². The molecule has 4 nitrogen and oxygen atoms in total. The molecule has 1 saturated heterocycles. The number of amides is 1. The maximum Gasteiger partial charge on any atom is 0.227 e. The largest absolute Gasteiger partial charge is 0.508 e. The summed E-state index contributed by atoms with van der Waals surface area (Å²) in [6.07, 6.45) is 7.27. The van der Waals surface area contributed by atoms with Crippen LogP contribution in [0.25, 0.3) is 0 Å². The Hall–Kier alpha value is -1.75. The topological polar surface area (TPSA) is 43.8 Å². The lowest BCUT2D eigenvalue weighted by Gasteiger charge is -2.55. The predicted molar refractivity (Wildman–Crippen MR) is 151 cm³/mol. The third-order valence-corrected chi connectivity index (χ3v) is 9.62. The molecular weight excluding hydrogens is 503 g/mol. The van der Waals surface area contributed by atoms with Crippen molar-refractivity contribution in [1.82, 2.24) is 9.80 Å². The third-order valence-electron chi connectivity index (χ3n) is 8.88. The number of hydrogen-bond acceptors (Lipinski definition) is 3. The second-order valence-electron chi connectivity index (χ2n) is 12.2. The second-order valence-corrected chi connectivity index (χ2v) is 13.0. The van der Waals surface area contributed by atoms with E-state index in [2.05, 4.69) is 29.7 Å². The first-order valence-electron chi connectivity index (χ1n) is 14.0. The van der Waals surface area contributed by atoms with Crippen molar-refractivity contribution in [2.24, 2.45) is 17.8 Å². The van der Waals surface area contributed by atoms with Crippen molar-refractivity contribution in [3.05, 3.63) is 63.6 Å². The molecule has 1 N–H and O–H groups in total. The van der Waals surface area contributed by atoms with Crippen molar-refractivity contribution in [1.29, 1.82) is 0 Å². The van der Waals surface area contributed by atoms with E-state index >= 15 is 0 Å². The zero-order valence-electron chi connectivity index (χ0n) is 22.1. The lowest BCUT2D eigenvalue weighted by atomic mass is 9.57. The SMILES string of the molecule is CC(C)CN(C(=O)Cc1ccc(Cl)c(Cl)c1)[C@@H]1CC[C@@H]2CN(CC3CC3)CC[C@@]2(c2cccc(O)c2)C1.